The maximum absolute atomic E-state index is 5.83. The van der Waals surface area contributed by atoms with Crippen molar-refractivity contribution in [1.82, 2.24) is 19.5 Å². The number of hydrogen-bond donors (Lipinski definition) is 1. The van der Waals surface area contributed by atoms with Gasteiger partial charge in [0.05, 0.1) is 0 Å². The fraction of sp³-hybridized carbons (Fsp3) is 0.462. The molecule has 0 aliphatic carbocycles. The minimum Gasteiger partial charge on any atom is -0.384 e. The zero-order valence-electron chi connectivity index (χ0n) is 10.9. The normalized spacial score (nSPS) is 10.8. The van der Waals surface area contributed by atoms with Crippen LogP contribution >= 0.6 is 0 Å². The fourth-order valence-electron chi connectivity index (χ4n) is 1.91. The summed E-state index contributed by atoms with van der Waals surface area (Å²) in [6.07, 6.45) is 7.55. The molecule has 0 bridgehead atoms. The van der Waals surface area contributed by atoms with Gasteiger partial charge in [-0.1, -0.05) is 13.8 Å². The van der Waals surface area contributed by atoms with Gasteiger partial charge in [0.2, 0.25) is 0 Å². The second kappa shape index (κ2) is 5.62. The molecule has 5 nitrogen and oxygen atoms in total. The van der Waals surface area contributed by atoms with Crippen LogP contribution in [0.15, 0.2) is 18.5 Å². The number of hydrogen-bond acceptors (Lipinski definition) is 4. The van der Waals surface area contributed by atoms with Crippen LogP contribution in [0.5, 0.6) is 0 Å². The predicted molar refractivity (Wildman–Crippen MR) is 71.6 cm³/mol. The first kappa shape index (κ1) is 12.5. The van der Waals surface area contributed by atoms with Gasteiger partial charge in [0, 0.05) is 31.3 Å². The molecule has 0 saturated carbocycles. The predicted octanol–water partition coefficient (Wildman–Crippen LogP) is 2.15. The Hall–Kier alpha value is -1.91. The van der Waals surface area contributed by atoms with E-state index in [-0.39, 0.29) is 0 Å². The summed E-state index contributed by atoms with van der Waals surface area (Å²) < 4.78 is 1.99. The fourth-order valence-corrected chi connectivity index (χ4v) is 1.91. The number of nitrogens with two attached hydrogens (primary N) is 1. The Balaban J connectivity index is 2.39. The van der Waals surface area contributed by atoms with Gasteiger partial charge in [0.25, 0.3) is 0 Å². The molecule has 0 aliphatic heterocycles. The van der Waals surface area contributed by atoms with Gasteiger partial charge in [-0.2, -0.15) is 0 Å². The summed E-state index contributed by atoms with van der Waals surface area (Å²) in [6, 6.07) is 1.79. The molecule has 0 atom stereocenters. The average Bonchev–Trinajstić information content (AvgIpc) is 2.77. The number of rotatable bonds is 5. The number of anilines is 1. The smallest absolute Gasteiger partial charge is 0.143 e. The highest BCUT2D eigenvalue weighted by molar-refractivity contribution is 5.38. The second-order valence-electron chi connectivity index (χ2n) is 4.28. The highest BCUT2D eigenvalue weighted by Crippen LogP contribution is 2.13. The van der Waals surface area contributed by atoms with Crippen LogP contribution in [-0.4, -0.2) is 19.5 Å². The van der Waals surface area contributed by atoms with E-state index in [0.29, 0.717) is 5.82 Å². The van der Waals surface area contributed by atoms with Gasteiger partial charge in [-0.3, -0.25) is 4.57 Å². The molecular formula is C13H19N5. The van der Waals surface area contributed by atoms with Crippen molar-refractivity contribution >= 4 is 5.82 Å². The molecule has 2 heterocycles. The maximum atomic E-state index is 5.83. The van der Waals surface area contributed by atoms with E-state index in [2.05, 4.69) is 28.8 Å². The summed E-state index contributed by atoms with van der Waals surface area (Å²) in [5.74, 6) is 3.13. The van der Waals surface area contributed by atoms with Gasteiger partial charge < -0.3 is 5.73 Å². The second-order valence-corrected chi connectivity index (χ2v) is 4.28. The number of aromatic nitrogens is 4. The van der Waals surface area contributed by atoms with Gasteiger partial charge in [0.1, 0.15) is 23.3 Å². The van der Waals surface area contributed by atoms with Crippen LogP contribution in [0.4, 0.5) is 5.82 Å². The molecule has 0 radical (unpaired) electrons. The van der Waals surface area contributed by atoms with Gasteiger partial charge in [-0.05, 0) is 12.8 Å². The van der Waals surface area contributed by atoms with Crippen molar-refractivity contribution in [3.63, 3.8) is 0 Å². The average molecular weight is 245 g/mol. The lowest BCUT2D eigenvalue weighted by atomic mass is 10.3. The molecule has 2 aromatic heterocycles. The summed E-state index contributed by atoms with van der Waals surface area (Å²) in [4.78, 5) is 13.1. The van der Waals surface area contributed by atoms with E-state index in [1.807, 2.05) is 10.8 Å². The molecule has 0 spiro atoms. The molecule has 0 unspecified atom stereocenters. The van der Waals surface area contributed by atoms with Gasteiger partial charge in [-0.15, -0.1) is 0 Å². The summed E-state index contributed by atoms with van der Waals surface area (Å²) in [7, 11) is 0. The molecule has 0 saturated heterocycles. The Bertz CT molecular complexity index is 518. The minimum atomic E-state index is 0.514. The molecule has 2 rings (SSSR count). The largest absolute Gasteiger partial charge is 0.384 e. The van der Waals surface area contributed by atoms with E-state index >= 15 is 0 Å². The van der Waals surface area contributed by atoms with Crippen molar-refractivity contribution in [2.24, 2.45) is 0 Å². The highest BCUT2D eigenvalue weighted by Gasteiger charge is 2.08. The monoisotopic (exact) mass is 245 g/mol. The summed E-state index contributed by atoms with van der Waals surface area (Å²) in [5, 5.41) is 0. The van der Waals surface area contributed by atoms with Crippen molar-refractivity contribution in [3.8, 4) is 5.82 Å². The first-order valence-electron chi connectivity index (χ1n) is 6.40. The Morgan fingerprint density at radius 1 is 1.17 bits per heavy atom. The molecule has 96 valence electrons. The molecule has 0 aliphatic rings. The Morgan fingerprint density at radius 2 is 1.94 bits per heavy atom. The zero-order chi connectivity index (χ0) is 13.0. The van der Waals surface area contributed by atoms with E-state index < -0.39 is 0 Å². The molecular weight excluding hydrogens is 226 g/mol. The van der Waals surface area contributed by atoms with E-state index in [0.717, 1.165) is 43.1 Å². The summed E-state index contributed by atoms with van der Waals surface area (Å²) in [5.41, 5.74) is 5.83. The Labute approximate surface area is 107 Å². The van der Waals surface area contributed by atoms with Crippen LogP contribution in [-0.2, 0) is 12.8 Å². The van der Waals surface area contributed by atoms with Crippen LogP contribution in [0.2, 0.25) is 0 Å². The first-order valence-corrected chi connectivity index (χ1v) is 6.40. The topological polar surface area (TPSA) is 69.6 Å². The maximum Gasteiger partial charge on any atom is 0.143 e. The van der Waals surface area contributed by atoms with Gasteiger partial charge >= 0.3 is 0 Å². The molecule has 0 amide bonds. The van der Waals surface area contributed by atoms with Crippen molar-refractivity contribution in [1.29, 1.82) is 0 Å². The first-order chi connectivity index (χ1) is 8.74. The lowest BCUT2D eigenvalue weighted by molar-refractivity contribution is 0.776. The standard InChI is InChI=1S/C13H19N5/c1-3-5-11-16-10(14)9-13(17-11)18-8-7-15-12(18)6-4-2/h7-9H,3-6H2,1-2H3,(H2,14,16,17). The van der Waals surface area contributed by atoms with Crippen molar-refractivity contribution in [2.45, 2.75) is 39.5 Å². The van der Waals surface area contributed by atoms with Gasteiger partial charge in [0.15, 0.2) is 0 Å². The van der Waals surface area contributed by atoms with Gasteiger partial charge in [-0.25, -0.2) is 15.0 Å². The minimum absolute atomic E-state index is 0.514. The summed E-state index contributed by atoms with van der Waals surface area (Å²) in [6.45, 7) is 4.24. The quantitative estimate of drug-likeness (QED) is 0.876. The van der Waals surface area contributed by atoms with Crippen molar-refractivity contribution in [2.75, 3.05) is 5.73 Å². The molecule has 18 heavy (non-hydrogen) atoms. The molecule has 5 heteroatoms. The van der Waals surface area contributed by atoms with Crippen LogP contribution < -0.4 is 5.73 Å². The third kappa shape index (κ3) is 2.67. The molecule has 0 fully saturated rings. The number of aryl methyl sites for hydroxylation is 2. The van der Waals surface area contributed by atoms with Crippen LogP contribution in [0.1, 0.15) is 38.3 Å². The lowest BCUT2D eigenvalue weighted by Gasteiger charge is -2.08. The highest BCUT2D eigenvalue weighted by atomic mass is 15.1. The number of nitrogens with zero attached hydrogens (tertiary/aromatic N) is 4. The van der Waals surface area contributed by atoms with E-state index in [9.17, 15) is 0 Å². The van der Waals surface area contributed by atoms with Crippen LogP contribution in [0.25, 0.3) is 5.82 Å². The zero-order valence-corrected chi connectivity index (χ0v) is 10.9. The van der Waals surface area contributed by atoms with Crippen molar-refractivity contribution in [3.05, 3.63) is 30.1 Å². The van der Waals surface area contributed by atoms with E-state index in [1.54, 1.807) is 12.3 Å². The van der Waals surface area contributed by atoms with E-state index in [1.165, 1.54) is 0 Å². The Morgan fingerprint density at radius 3 is 2.67 bits per heavy atom. The number of nitrogen functional groups attached to an aromatic ring is 1. The Kier molecular flexibility index (Phi) is 3.92. The lowest BCUT2D eigenvalue weighted by Crippen LogP contribution is -2.07. The van der Waals surface area contributed by atoms with Crippen molar-refractivity contribution < 1.29 is 0 Å². The summed E-state index contributed by atoms with van der Waals surface area (Å²) >= 11 is 0. The van der Waals surface area contributed by atoms with Crippen LogP contribution in [0, 0.1) is 0 Å². The molecule has 2 N–H and O–H groups in total. The molecule has 2 aromatic rings. The van der Waals surface area contributed by atoms with E-state index in [4.69, 9.17) is 5.73 Å². The third-order valence-electron chi connectivity index (χ3n) is 2.69. The molecule has 0 aromatic carbocycles. The number of imidazole rings is 1. The van der Waals surface area contributed by atoms with Crippen LogP contribution in [0.3, 0.4) is 0 Å². The third-order valence-corrected chi connectivity index (χ3v) is 2.69. The SMILES string of the molecule is CCCc1nc(N)cc(-n2ccnc2CCC)n1.